The van der Waals surface area contributed by atoms with Gasteiger partial charge < -0.3 is 20.2 Å². The Balaban J connectivity index is 1.11. The highest BCUT2D eigenvalue weighted by atomic mass is 19.4. The van der Waals surface area contributed by atoms with Gasteiger partial charge in [-0.3, -0.25) is 4.79 Å². The molecule has 0 unspecified atom stereocenters. The minimum absolute atomic E-state index is 0.0595. The zero-order valence-corrected chi connectivity index (χ0v) is 20.3. The number of hydrogen-bond donors (Lipinski definition) is 2. The van der Waals surface area contributed by atoms with E-state index >= 15 is 0 Å². The number of carbonyl (C=O) groups is 1. The molecule has 6 rings (SSSR count). The lowest BCUT2D eigenvalue weighted by Crippen LogP contribution is -2.57. The number of halogens is 3. The first-order chi connectivity index (χ1) is 17.7. The van der Waals surface area contributed by atoms with Crippen molar-refractivity contribution in [2.45, 2.75) is 37.5 Å². The highest BCUT2D eigenvalue weighted by molar-refractivity contribution is 5.82. The van der Waals surface area contributed by atoms with E-state index in [4.69, 9.17) is 4.98 Å². The molecule has 5 heterocycles. The summed E-state index contributed by atoms with van der Waals surface area (Å²) in [6.07, 6.45) is -0.370. The van der Waals surface area contributed by atoms with E-state index in [1.54, 1.807) is 11.1 Å². The van der Waals surface area contributed by atoms with Crippen LogP contribution in [-0.2, 0) is 29.4 Å². The minimum atomic E-state index is -4.41. The Morgan fingerprint density at radius 1 is 1.05 bits per heavy atom. The highest BCUT2D eigenvalue weighted by Crippen LogP contribution is 2.37. The maximum atomic E-state index is 13.3. The lowest BCUT2D eigenvalue weighted by molar-refractivity contribution is -0.141. The third-order valence-electron chi connectivity index (χ3n) is 7.96. The second-order valence-electron chi connectivity index (χ2n) is 10.2. The summed E-state index contributed by atoms with van der Waals surface area (Å²) < 4.78 is 40.5. The SMILES string of the molecule is O=C(C1CN(c2c3c(nc4ccnn24)CCNCC3)C1)N1CCC(O)(c2ccc(C(F)(F)F)cc2)CC1. The van der Waals surface area contributed by atoms with Gasteiger partial charge in [-0.15, -0.1) is 0 Å². The molecule has 3 aromatic rings. The van der Waals surface area contributed by atoms with Gasteiger partial charge in [0.25, 0.3) is 0 Å². The molecule has 0 saturated carbocycles. The fraction of sp³-hybridized carbons (Fsp3) is 0.500. The number of fused-ring (bicyclic) bond motifs is 2. The molecular weight excluding hydrogens is 485 g/mol. The van der Waals surface area contributed by atoms with Crippen molar-refractivity contribution in [3.8, 4) is 0 Å². The van der Waals surface area contributed by atoms with Crippen molar-refractivity contribution in [3.05, 3.63) is 58.9 Å². The van der Waals surface area contributed by atoms with Crippen molar-refractivity contribution in [2.24, 2.45) is 5.92 Å². The van der Waals surface area contributed by atoms with E-state index in [1.165, 1.54) is 17.7 Å². The summed E-state index contributed by atoms with van der Waals surface area (Å²) >= 11 is 0. The zero-order valence-electron chi connectivity index (χ0n) is 20.3. The number of hydrogen-bond acceptors (Lipinski definition) is 6. The molecule has 0 radical (unpaired) electrons. The molecule has 2 N–H and O–H groups in total. The van der Waals surface area contributed by atoms with Crippen LogP contribution < -0.4 is 10.2 Å². The molecule has 37 heavy (non-hydrogen) atoms. The topological polar surface area (TPSA) is 86.0 Å². The molecule has 2 aromatic heterocycles. The first-order valence-corrected chi connectivity index (χ1v) is 12.7. The van der Waals surface area contributed by atoms with Gasteiger partial charge in [0.1, 0.15) is 5.82 Å². The van der Waals surface area contributed by atoms with E-state index in [9.17, 15) is 23.1 Å². The van der Waals surface area contributed by atoms with Gasteiger partial charge in [0.2, 0.25) is 5.91 Å². The van der Waals surface area contributed by atoms with Crippen molar-refractivity contribution in [1.82, 2.24) is 24.8 Å². The van der Waals surface area contributed by atoms with Gasteiger partial charge in [0.05, 0.1) is 29.0 Å². The first-order valence-electron chi connectivity index (χ1n) is 12.7. The molecule has 1 amide bonds. The number of carbonyl (C=O) groups excluding carboxylic acids is 1. The predicted molar refractivity (Wildman–Crippen MR) is 130 cm³/mol. The third-order valence-corrected chi connectivity index (χ3v) is 7.96. The summed E-state index contributed by atoms with van der Waals surface area (Å²) in [6.45, 7) is 3.69. The predicted octanol–water partition coefficient (Wildman–Crippen LogP) is 2.38. The van der Waals surface area contributed by atoms with Crippen LogP contribution in [0.15, 0.2) is 36.5 Å². The summed E-state index contributed by atoms with van der Waals surface area (Å²) in [4.78, 5) is 22.0. The molecule has 0 aliphatic carbocycles. The maximum Gasteiger partial charge on any atom is 0.416 e. The molecule has 11 heteroatoms. The Bertz CT molecular complexity index is 1310. The van der Waals surface area contributed by atoms with Crippen LogP contribution in [-0.4, -0.2) is 69.8 Å². The molecule has 3 aliphatic heterocycles. The molecule has 0 spiro atoms. The maximum absolute atomic E-state index is 13.3. The fourth-order valence-electron chi connectivity index (χ4n) is 5.76. The molecule has 0 bridgehead atoms. The number of likely N-dealkylation sites (tertiary alicyclic amines) is 1. The van der Waals surface area contributed by atoms with E-state index in [0.29, 0.717) is 44.6 Å². The molecule has 3 aliphatic rings. The van der Waals surface area contributed by atoms with Crippen molar-refractivity contribution in [1.29, 1.82) is 0 Å². The molecule has 2 fully saturated rings. The minimum Gasteiger partial charge on any atom is -0.385 e. The van der Waals surface area contributed by atoms with Crippen molar-refractivity contribution in [2.75, 3.05) is 44.2 Å². The molecule has 196 valence electrons. The number of rotatable bonds is 3. The standard InChI is InChI=1S/C26H29F3N6O2/c27-26(28,29)19-3-1-18(2-4-19)25(37)8-13-33(14-9-25)24(36)17-15-34(16-17)23-20-5-10-30-11-6-21(20)32-22-7-12-31-35(22)23/h1-4,7,12,17,30,37H,5-6,8-11,13-16H2. The van der Waals surface area contributed by atoms with Gasteiger partial charge in [-0.25, -0.2) is 4.98 Å². The number of nitrogens with one attached hydrogen (secondary N) is 1. The summed E-state index contributed by atoms with van der Waals surface area (Å²) in [5, 5.41) is 19.0. The molecule has 8 nitrogen and oxygen atoms in total. The van der Waals surface area contributed by atoms with Crippen molar-refractivity contribution >= 4 is 17.4 Å². The Kier molecular flexibility index (Phi) is 5.87. The number of piperidine rings is 1. The van der Waals surface area contributed by atoms with Crippen molar-refractivity contribution in [3.63, 3.8) is 0 Å². The summed E-state index contributed by atoms with van der Waals surface area (Å²) in [7, 11) is 0. The second kappa shape index (κ2) is 8.98. The molecule has 0 atom stereocenters. The van der Waals surface area contributed by atoms with Gasteiger partial charge >= 0.3 is 6.18 Å². The largest absolute Gasteiger partial charge is 0.416 e. The van der Waals surface area contributed by atoms with E-state index < -0.39 is 17.3 Å². The van der Waals surface area contributed by atoms with Crippen molar-refractivity contribution < 1.29 is 23.1 Å². The van der Waals surface area contributed by atoms with Crippen LogP contribution in [0.2, 0.25) is 0 Å². The van der Waals surface area contributed by atoms with Gasteiger partial charge in [0, 0.05) is 50.8 Å². The Morgan fingerprint density at radius 2 is 1.76 bits per heavy atom. The second-order valence-corrected chi connectivity index (χ2v) is 10.2. The smallest absolute Gasteiger partial charge is 0.385 e. The van der Waals surface area contributed by atoms with Gasteiger partial charge in [-0.1, -0.05) is 12.1 Å². The normalized spacial score (nSPS) is 20.4. The van der Waals surface area contributed by atoms with Crippen LogP contribution in [0.1, 0.15) is 35.2 Å². The average Bonchev–Trinajstić information content (AvgIpc) is 3.19. The number of amides is 1. The Hall–Kier alpha value is -3.18. The molecule has 2 saturated heterocycles. The first kappa shape index (κ1) is 24.2. The summed E-state index contributed by atoms with van der Waals surface area (Å²) in [5.41, 5.74) is 1.56. The fourth-order valence-corrected chi connectivity index (χ4v) is 5.76. The molecular formula is C26H29F3N6O2. The highest BCUT2D eigenvalue weighted by Gasteiger charge is 2.42. The number of benzene rings is 1. The number of alkyl halides is 3. The lowest BCUT2D eigenvalue weighted by Gasteiger charge is -2.45. The lowest BCUT2D eigenvalue weighted by atomic mass is 9.83. The Morgan fingerprint density at radius 3 is 2.46 bits per heavy atom. The average molecular weight is 515 g/mol. The van der Waals surface area contributed by atoms with Crippen LogP contribution >= 0.6 is 0 Å². The van der Waals surface area contributed by atoms with Crippen LogP contribution in [0.3, 0.4) is 0 Å². The quantitative estimate of drug-likeness (QED) is 0.559. The summed E-state index contributed by atoms with van der Waals surface area (Å²) in [5.74, 6) is 0.938. The van der Waals surface area contributed by atoms with E-state index in [0.717, 1.165) is 55.2 Å². The number of aliphatic hydroxyl groups is 1. The van der Waals surface area contributed by atoms with Crippen LogP contribution in [0.25, 0.3) is 5.65 Å². The zero-order chi connectivity index (χ0) is 25.8. The van der Waals surface area contributed by atoms with Gasteiger partial charge in [-0.2, -0.15) is 22.8 Å². The van der Waals surface area contributed by atoms with Crippen LogP contribution in [0, 0.1) is 5.92 Å². The number of aromatic nitrogens is 3. The van der Waals surface area contributed by atoms with Gasteiger partial charge in [-0.05, 0) is 43.5 Å². The van der Waals surface area contributed by atoms with Crippen LogP contribution in [0.4, 0.5) is 19.0 Å². The Labute approximate surface area is 212 Å². The van der Waals surface area contributed by atoms with E-state index in [1.807, 2.05) is 10.6 Å². The summed E-state index contributed by atoms with van der Waals surface area (Å²) in [6, 6.07) is 6.58. The number of nitrogens with zero attached hydrogens (tertiary/aromatic N) is 5. The van der Waals surface area contributed by atoms with Crippen LogP contribution in [0.5, 0.6) is 0 Å². The molecule has 1 aromatic carbocycles. The monoisotopic (exact) mass is 514 g/mol. The van der Waals surface area contributed by atoms with E-state index in [2.05, 4.69) is 15.3 Å². The van der Waals surface area contributed by atoms with Gasteiger partial charge in [0.15, 0.2) is 5.65 Å². The van der Waals surface area contributed by atoms with E-state index in [-0.39, 0.29) is 11.8 Å². The third kappa shape index (κ3) is 4.33. The number of anilines is 1.